The van der Waals surface area contributed by atoms with E-state index in [1.807, 2.05) is 0 Å². The Balaban J connectivity index is 2.31. The molecule has 1 heterocycles. The minimum absolute atomic E-state index is 0.109. The van der Waals surface area contributed by atoms with Crippen molar-refractivity contribution >= 4 is 27.5 Å². The molecule has 6 heteroatoms. The normalized spacial score (nSPS) is 10.3. The number of nitrogens with one attached hydrogen (secondary N) is 1. The van der Waals surface area contributed by atoms with Crippen molar-refractivity contribution in [2.24, 2.45) is 7.05 Å². The maximum atomic E-state index is 13.6. The largest absolute Gasteiger partial charge is 0.317 e. The molecule has 0 fully saturated rings. The van der Waals surface area contributed by atoms with Crippen molar-refractivity contribution in [2.75, 3.05) is 5.32 Å². The summed E-state index contributed by atoms with van der Waals surface area (Å²) in [6.07, 6.45) is 1.57. The quantitative estimate of drug-likeness (QED) is 0.922. The smallest absolute Gasteiger partial charge is 0.274 e. The van der Waals surface area contributed by atoms with E-state index in [1.54, 1.807) is 25.4 Å². The fourth-order valence-electron chi connectivity index (χ4n) is 1.56. The molecule has 4 nitrogen and oxygen atoms in total. The number of aromatic nitrogens is 1. The summed E-state index contributed by atoms with van der Waals surface area (Å²) in [5, 5.41) is 2.40. The summed E-state index contributed by atoms with van der Waals surface area (Å²) in [6, 6.07) is 7.19. The Morgan fingerprint density at radius 3 is 2.79 bits per heavy atom. The third kappa shape index (κ3) is 2.90. The fraction of sp³-hybridized carbons (Fsp3) is 0.0769. The predicted molar refractivity (Wildman–Crippen MR) is 73.7 cm³/mol. The zero-order valence-electron chi connectivity index (χ0n) is 9.98. The molecule has 0 bridgehead atoms. The highest BCUT2D eigenvalue weighted by Gasteiger charge is 2.13. The Hall–Kier alpha value is -1.95. The Kier molecular flexibility index (Phi) is 3.80. The maximum Gasteiger partial charge on any atom is 0.274 e. The topological polar surface area (TPSA) is 51.1 Å². The van der Waals surface area contributed by atoms with Gasteiger partial charge in [0.1, 0.15) is 11.5 Å². The molecular weight excluding hydrogens is 315 g/mol. The number of carbonyl (C=O) groups is 1. The van der Waals surface area contributed by atoms with Crippen LogP contribution in [0.3, 0.4) is 0 Å². The Morgan fingerprint density at radius 2 is 2.11 bits per heavy atom. The molecule has 1 amide bonds. The second-order valence-corrected chi connectivity index (χ2v) is 4.83. The van der Waals surface area contributed by atoms with Gasteiger partial charge in [-0.15, -0.1) is 0 Å². The lowest BCUT2D eigenvalue weighted by molar-refractivity contribution is 0.102. The van der Waals surface area contributed by atoms with Crippen LogP contribution in [0.5, 0.6) is 0 Å². The van der Waals surface area contributed by atoms with E-state index in [-0.39, 0.29) is 16.8 Å². The molecule has 0 spiro atoms. The first-order chi connectivity index (χ1) is 8.99. The second kappa shape index (κ2) is 5.36. The van der Waals surface area contributed by atoms with Gasteiger partial charge in [-0.05, 0) is 30.3 Å². The summed E-state index contributed by atoms with van der Waals surface area (Å²) in [7, 11) is 1.57. The Morgan fingerprint density at radius 1 is 1.37 bits per heavy atom. The molecule has 1 aromatic heterocycles. The molecule has 1 aromatic carbocycles. The Bertz CT molecular complexity index is 697. The molecule has 2 aromatic rings. The molecule has 0 aliphatic heterocycles. The van der Waals surface area contributed by atoms with Gasteiger partial charge < -0.3 is 9.88 Å². The van der Waals surface area contributed by atoms with Gasteiger partial charge in [0.2, 0.25) is 0 Å². The van der Waals surface area contributed by atoms with E-state index in [4.69, 9.17) is 0 Å². The van der Waals surface area contributed by atoms with Gasteiger partial charge in [0.25, 0.3) is 11.5 Å². The van der Waals surface area contributed by atoms with E-state index >= 15 is 0 Å². The van der Waals surface area contributed by atoms with E-state index in [9.17, 15) is 14.0 Å². The number of hydrogen-bond acceptors (Lipinski definition) is 2. The van der Waals surface area contributed by atoms with Crippen molar-refractivity contribution in [1.82, 2.24) is 4.57 Å². The van der Waals surface area contributed by atoms with Crippen LogP contribution < -0.4 is 10.9 Å². The highest BCUT2D eigenvalue weighted by atomic mass is 79.9. The summed E-state index contributed by atoms with van der Waals surface area (Å²) in [6.45, 7) is 0. The number of pyridine rings is 1. The van der Waals surface area contributed by atoms with Gasteiger partial charge in [-0.3, -0.25) is 9.59 Å². The first-order valence-corrected chi connectivity index (χ1v) is 6.20. The monoisotopic (exact) mass is 324 g/mol. The fourth-order valence-corrected chi connectivity index (χ4v) is 1.89. The molecule has 2 rings (SSSR count). The van der Waals surface area contributed by atoms with Gasteiger partial charge in [-0.2, -0.15) is 0 Å². The predicted octanol–water partition coefficient (Wildman–Crippen LogP) is 2.54. The molecule has 0 unspecified atom stereocenters. The number of anilines is 1. The number of hydrogen-bond donors (Lipinski definition) is 1. The van der Waals surface area contributed by atoms with Crippen LogP contribution in [0.25, 0.3) is 0 Å². The highest BCUT2D eigenvalue weighted by Crippen LogP contribution is 2.16. The van der Waals surface area contributed by atoms with E-state index in [1.165, 1.54) is 22.8 Å². The second-order valence-electron chi connectivity index (χ2n) is 3.92. The minimum atomic E-state index is -0.659. The highest BCUT2D eigenvalue weighted by molar-refractivity contribution is 9.10. The van der Waals surface area contributed by atoms with Crippen LogP contribution in [-0.4, -0.2) is 10.5 Å². The van der Waals surface area contributed by atoms with Gasteiger partial charge in [0.05, 0.1) is 5.56 Å². The molecule has 0 radical (unpaired) electrons. The standard InChI is InChI=1S/C13H10BrFN2O2/c1-17-6-2-3-11(13(17)19)16-12(18)9-5-4-8(14)7-10(9)15/h2-7H,1H3,(H,16,18). The number of rotatable bonds is 2. The minimum Gasteiger partial charge on any atom is -0.317 e. The molecule has 98 valence electrons. The van der Waals surface area contributed by atoms with Gasteiger partial charge in [0, 0.05) is 17.7 Å². The molecular formula is C13H10BrFN2O2. The molecule has 0 atom stereocenters. The number of benzene rings is 1. The summed E-state index contributed by atoms with van der Waals surface area (Å²) >= 11 is 3.11. The maximum absolute atomic E-state index is 13.6. The molecule has 1 N–H and O–H groups in total. The van der Waals surface area contributed by atoms with Crippen molar-refractivity contribution in [3.63, 3.8) is 0 Å². The average Bonchev–Trinajstić information content (AvgIpc) is 2.34. The van der Waals surface area contributed by atoms with Crippen LogP contribution >= 0.6 is 15.9 Å². The van der Waals surface area contributed by atoms with Crippen LogP contribution in [-0.2, 0) is 7.05 Å². The van der Waals surface area contributed by atoms with Gasteiger partial charge in [0.15, 0.2) is 0 Å². The van der Waals surface area contributed by atoms with Crippen LogP contribution in [0.1, 0.15) is 10.4 Å². The zero-order valence-corrected chi connectivity index (χ0v) is 11.6. The third-order valence-electron chi connectivity index (χ3n) is 2.55. The van der Waals surface area contributed by atoms with E-state index in [2.05, 4.69) is 21.2 Å². The van der Waals surface area contributed by atoms with Crippen molar-refractivity contribution in [3.8, 4) is 0 Å². The van der Waals surface area contributed by atoms with E-state index < -0.39 is 11.7 Å². The third-order valence-corrected chi connectivity index (χ3v) is 3.04. The number of carbonyl (C=O) groups excluding carboxylic acids is 1. The molecule has 0 aliphatic carbocycles. The lowest BCUT2D eigenvalue weighted by atomic mass is 10.2. The lowest BCUT2D eigenvalue weighted by Gasteiger charge is -2.07. The summed E-state index contributed by atoms with van der Waals surface area (Å²) in [5.41, 5.74) is -0.361. The summed E-state index contributed by atoms with van der Waals surface area (Å²) in [4.78, 5) is 23.6. The average molecular weight is 325 g/mol. The molecule has 0 saturated carbocycles. The van der Waals surface area contributed by atoms with Gasteiger partial charge in [-0.1, -0.05) is 15.9 Å². The first-order valence-electron chi connectivity index (χ1n) is 5.41. The number of nitrogens with zero attached hydrogens (tertiary/aromatic N) is 1. The van der Waals surface area contributed by atoms with Crippen molar-refractivity contribution in [1.29, 1.82) is 0 Å². The summed E-state index contributed by atoms with van der Waals surface area (Å²) in [5.74, 6) is -1.31. The van der Waals surface area contributed by atoms with Crippen molar-refractivity contribution in [3.05, 3.63) is 62.7 Å². The van der Waals surface area contributed by atoms with Crippen LogP contribution in [0.15, 0.2) is 45.8 Å². The number of halogens is 2. The van der Waals surface area contributed by atoms with Gasteiger partial charge >= 0.3 is 0 Å². The molecule has 19 heavy (non-hydrogen) atoms. The van der Waals surface area contributed by atoms with Crippen LogP contribution in [0.2, 0.25) is 0 Å². The lowest BCUT2D eigenvalue weighted by Crippen LogP contribution is -2.24. The van der Waals surface area contributed by atoms with Crippen LogP contribution in [0.4, 0.5) is 10.1 Å². The van der Waals surface area contributed by atoms with Crippen molar-refractivity contribution in [2.45, 2.75) is 0 Å². The van der Waals surface area contributed by atoms with Crippen LogP contribution in [0, 0.1) is 5.82 Å². The zero-order chi connectivity index (χ0) is 14.0. The van der Waals surface area contributed by atoms with E-state index in [0.29, 0.717) is 4.47 Å². The molecule has 0 saturated heterocycles. The van der Waals surface area contributed by atoms with E-state index in [0.717, 1.165) is 0 Å². The van der Waals surface area contributed by atoms with Gasteiger partial charge in [-0.25, -0.2) is 4.39 Å². The number of aryl methyl sites for hydroxylation is 1. The number of amides is 1. The summed E-state index contributed by atoms with van der Waals surface area (Å²) < 4.78 is 15.5. The van der Waals surface area contributed by atoms with Crippen molar-refractivity contribution < 1.29 is 9.18 Å². The SMILES string of the molecule is Cn1cccc(NC(=O)c2ccc(Br)cc2F)c1=O. The first kappa shape index (κ1) is 13.5. The Labute approximate surface area is 117 Å². The molecule has 0 aliphatic rings.